The fourth-order valence-electron chi connectivity index (χ4n) is 2.09. The summed E-state index contributed by atoms with van der Waals surface area (Å²) in [7, 11) is 0. The smallest absolute Gasteiger partial charge is 0.307 e. The Labute approximate surface area is 150 Å². The first-order valence-electron chi connectivity index (χ1n) is 8.93. The zero-order chi connectivity index (χ0) is 18.9. The third kappa shape index (κ3) is 14.4. The van der Waals surface area contributed by atoms with Crippen LogP contribution in [0, 0.1) is 0 Å². The minimum Gasteiger partial charge on any atom is -0.466 e. The van der Waals surface area contributed by atoms with E-state index in [1.165, 1.54) is 0 Å². The fourth-order valence-corrected chi connectivity index (χ4v) is 2.09. The minimum atomic E-state index is -0.251. The van der Waals surface area contributed by atoms with Crippen molar-refractivity contribution in [3.63, 3.8) is 0 Å². The van der Waals surface area contributed by atoms with E-state index in [0.29, 0.717) is 59.0 Å². The topological polar surface area (TPSA) is 94.2 Å². The zero-order valence-corrected chi connectivity index (χ0v) is 15.7. The van der Waals surface area contributed by atoms with Gasteiger partial charge >= 0.3 is 17.9 Å². The van der Waals surface area contributed by atoms with E-state index < -0.39 is 0 Å². The summed E-state index contributed by atoms with van der Waals surface area (Å²) in [6.07, 6.45) is 0.873. The first kappa shape index (κ1) is 23.3. The molecular formula is C17H32N2O6. The van der Waals surface area contributed by atoms with Crippen LogP contribution in [-0.4, -0.2) is 75.4 Å². The molecule has 1 N–H and O–H groups in total. The Balaban J connectivity index is 4.12. The van der Waals surface area contributed by atoms with Gasteiger partial charge in [-0.1, -0.05) is 0 Å². The highest BCUT2D eigenvalue weighted by molar-refractivity contribution is 5.70. The van der Waals surface area contributed by atoms with Crippen molar-refractivity contribution in [2.45, 2.75) is 40.0 Å². The number of ether oxygens (including phenoxy) is 3. The SMILES string of the molecule is CCOC(=O)CCNCCN(CCC(=O)OCC)CCC(=O)OCC. The van der Waals surface area contributed by atoms with Crippen molar-refractivity contribution >= 4 is 17.9 Å². The van der Waals surface area contributed by atoms with Crippen LogP contribution in [0.5, 0.6) is 0 Å². The molecule has 0 bridgehead atoms. The van der Waals surface area contributed by atoms with Gasteiger partial charge in [0.15, 0.2) is 0 Å². The van der Waals surface area contributed by atoms with Gasteiger partial charge in [-0.25, -0.2) is 0 Å². The summed E-state index contributed by atoms with van der Waals surface area (Å²) < 4.78 is 14.7. The molecule has 0 aliphatic carbocycles. The molecule has 0 heterocycles. The normalized spacial score (nSPS) is 10.6. The molecule has 0 aromatic heterocycles. The standard InChI is InChI=1S/C17H32N2O6/c1-4-23-15(20)7-10-18-11-14-19(12-8-16(21)24-5-2)13-9-17(22)25-6-3/h18H,4-14H2,1-3H3. The highest BCUT2D eigenvalue weighted by Gasteiger charge is 2.11. The van der Waals surface area contributed by atoms with Crippen molar-refractivity contribution in [3.8, 4) is 0 Å². The largest absolute Gasteiger partial charge is 0.466 e. The summed E-state index contributed by atoms with van der Waals surface area (Å²) in [6, 6.07) is 0. The molecule has 25 heavy (non-hydrogen) atoms. The average molecular weight is 360 g/mol. The van der Waals surface area contributed by atoms with E-state index in [9.17, 15) is 14.4 Å². The van der Waals surface area contributed by atoms with Crippen molar-refractivity contribution in [1.82, 2.24) is 10.2 Å². The molecule has 0 aromatic carbocycles. The van der Waals surface area contributed by atoms with Crippen LogP contribution in [0.4, 0.5) is 0 Å². The molecule has 0 spiro atoms. The predicted octanol–water partition coefficient (Wildman–Crippen LogP) is 0.738. The monoisotopic (exact) mass is 360 g/mol. The molecule has 146 valence electrons. The number of nitrogens with one attached hydrogen (secondary N) is 1. The molecule has 0 saturated carbocycles. The summed E-state index contributed by atoms with van der Waals surface area (Å²) in [6.45, 7) is 9.26. The van der Waals surface area contributed by atoms with Crippen LogP contribution < -0.4 is 5.32 Å². The fraction of sp³-hybridized carbons (Fsp3) is 0.824. The van der Waals surface area contributed by atoms with E-state index >= 15 is 0 Å². The maximum absolute atomic E-state index is 11.5. The van der Waals surface area contributed by atoms with Gasteiger partial charge in [-0.05, 0) is 20.8 Å². The van der Waals surface area contributed by atoms with E-state index in [4.69, 9.17) is 14.2 Å². The molecular weight excluding hydrogens is 328 g/mol. The molecule has 0 rings (SSSR count). The Morgan fingerprint density at radius 3 is 1.56 bits per heavy atom. The number of hydrogen-bond acceptors (Lipinski definition) is 8. The van der Waals surface area contributed by atoms with Crippen molar-refractivity contribution < 1.29 is 28.6 Å². The Morgan fingerprint density at radius 2 is 1.12 bits per heavy atom. The van der Waals surface area contributed by atoms with Gasteiger partial charge in [0.2, 0.25) is 0 Å². The van der Waals surface area contributed by atoms with Crippen LogP contribution in [0.15, 0.2) is 0 Å². The molecule has 0 amide bonds. The van der Waals surface area contributed by atoms with Gasteiger partial charge in [0, 0.05) is 32.7 Å². The molecule has 8 nitrogen and oxygen atoms in total. The third-order valence-corrected chi connectivity index (χ3v) is 3.29. The summed E-state index contributed by atoms with van der Waals surface area (Å²) in [5, 5.41) is 3.16. The van der Waals surface area contributed by atoms with Crippen molar-refractivity contribution in [2.24, 2.45) is 0 Å². The molecule has 0 atom stereocenters. The quantitative estimate of drug-likeness (QED) is 0.260. The van der Waals surface area contributed by atoms with Gasteiger partial charge < -0.3 is 24.4 Å². The lowest BCUT2D eigenvalue weighted by atomic mass is 10.3. The van der Waals surface area contributed by atoms with E-state index in [1.807, 2.05) is 4.90 Å². The number of hydrogen-bond donors (Lipinski definition) is 1. The molecule has 0 aliphatic heterocycles. The van der Waals surface area contributed by atoms with Gasteiger partial charge in [-0.15, -0.1) is 0 Å². The van der Waals surface area contributed by atoms with Gasteiger partial charge in [-0.2, -0.15) is 0 Å². The Hall–Kier alpha value is -1.67. The lowest BCUT2D eigenvalue weighted by molar-refractivity contribution is -0.144. The third-order valence-electron chi connectivity index (χ3n) is 3.29. The summed E-state index contributed by atoms with van der Waals surface area (Å²) in [5.41, 5.74) is 0. The van der Waals surface area contributed by atoms with E-state index in [-0.39, 0.29) is 30.7 Å². The molecule has 0 aliphatic rings. The van der Waals surface area contributed by atoms with E-state index in [1.54, 1.807) is 20.8 Å². The van der Waals surface area contributed by atoms with Crippen molar-refractivity contribution in [1.29, 1.82) is 0 Å². The van der Waals surface area contributed by atoms with Gasteiger partial charge in [0.05, 0.1) is 39.1 Å². The number of esters is 3. The minimum absolute atomic E-state index is 0.225. The first-order chi connectivity index (χ1) is 12.0. The second-order valence-electron chi connectivity index (χ2n) is 5.26. The Kier molecular flexibility index (Phi) is 14.8. The van der Waals surface area contributed by atoms with Gasteiger partial charge in [0.25, 0.3) is 0 Å². The first-order valence-corrected chi connectivity index (χ1v) is 8.93. The van der Waals surface area contributed by atoms with Crippen LogP contribution in [0.1, 0.15) is 40.0 Å². The van der Waals surface area contributed by atoms with Crippen LogP contribution in [0.25, 0.3) is 0 Å². The lowest BCUT2D eigenvalue weighted by Gasteiger charge is -2.21. The van der Waals surface area contributed by atoms with Crippen LogP contribution in [0.2, 0.25) is 0 Å². The second kappa shape index (κ2) is 15.8. The maximum atomic E-state index is 11.5. The Bertz CT molecular complexity index is 367. The van der Waals surface area contributed by atoms with Crippen LogP contribution in [-0.2, 0) is 28.6 Å². The molecule has 0 aromatic rings. The number of carbonyl (C=O) groups excluding carboxylic acids is 3. The van der Waals surface area contributed by atoms with Gasteiger partial charge in [-0.3, -0.25) is 14.4 Å². The Morgan fingerprint density at radius 1 is 0.680 bits per heavy atom. The van der Waals surface area contributed by atoms with E-state index in [2.05, 4.69) is 5.32 Å². The highest BCUT2D eigenvalue weighted by atomic mass is 16.5. The van der Waals surface area contributed by atoms with Crippen LogP contribution >= 0.6 is 0 Å². The summed E-state index contributed by atoms with van der Waals surface area (Å²) >= 11 is 0. The second-order valence-corrected chi connectivity index (χ2v) is 5.26. The number of carbonyl (C=O) groups is 3. The number of nitrogens with zero attached hydrogens (tertiary/aromatic N) is 1. The molecule has 0 saturated heterocycles. The van der Waals surface area contributed by atoms with E-state index in [0.717, 1.165) is 0 Å². The van der Waals surface area contributed by atoms with Gasteiger partial charge in [0.1, 0.15) is 0 Å². The maximum Gasteiger partial charge on any atom is 0.307 e. The van der Waals surface area contributed by atoms with Crippen molar-refractivity contribution in [2.75, 3.05) is 52.5 Å². The molecule has 0 radical (unpaired) electrons. The molecule has 0 fully saturated rings. The van der Waals surface area contributed by atoms with Crippen molar-refractivity contribution in [3.05, 3.63) is 0 Å². The lowest BCUT2D eigenvalue weighted by Crippen LogP contribution is -2.36. The zero-order valence-electron chi connectivity index (χ0n) is 15.7. The highest BCUT2D eigenvalue weighted by Crippen LogP contribution is 1.98. The van der Waals surface area contributed by atoms with Crippen LogP contribution in [0.3, 0.4) is 0 Å². The molecule has 8 heteroatoms. The predicted molar refractivity (Wildman–Crippen MR) is 93.1 cm³/mol. The average Bonchev–Trinajstić information content (AvgIpc) is 2.57. The molecule has 0 unspecified atom stereocenters. The number of rotatable bonds is 15. The summed E-state index contributed by atoms with van der Waals surface area (Å²) in [4.78, 5) is 36.2. The summed E-state index contributed by atoms with van der Waals surface area (Å²) in [5.74, 6) is -0.728.